The topological polar surface area (TPSA) is 42.0 Å². The summed E-state index contributed by atoms with van der Waals surface area (Å²) < 4.78 is 12.3. The van der Waals surface area contributed by atoms with E-state index in [9.17, 15) is 4.79 Å². The molecule has 1 saturated heterocycles. The van der Waals surface area contributed by atoms with Gasteiger partial charge in [-0.3, -0.25) is 9.69 Å². The van der Waals surface area contributed by atoms with Crippen molar-refractivity contribution < 1.29 is 14.3 Å². The highest BCUT2D eigenvalue weighted by atomic mass is 79.9. The lowest BCUT2D eigenvalue weighted by Crippen LogP contribution is -2.41. The molecule has 9 heteroatoms. The van der Waals surface area contributed by atoms with Gasteiger partial charge in [-0.2, -0.15) is 0 Å². The van der Waals surface area contributed by atoms with E-state index in [0.717, 1.165) is 36.8 Å². The number of likely N-dealkylation sites (N-methyl/N-ethyl adjacent to an activating group) is 1. The van der Waals surface area contributed by atoms with Crippen LogP contribution in [0, 0.1) is 0 Å². The first-order chi connectivity index (χ1) is 16.3. The standard InChI is InChI=1S/C25H25BrCl2N2O3S/c1-29-21(24(31)30(25(29)34)18-6-4-3-5-7-18)11-15-10-19(26)23(22(12-15)32-2)33-14-16-8-9-17(27)13-20(16)28/h8-13,18H,3-7,14H2,1-2H3/b21-11-. The molecule has 1 heterocycles. The molecule has 4 rings (SSSR count). The lowest BCUT2D eigenvalue weighted by atomic mass is 9.94. The quantitative estimate of drug-likeness (QED) is 0.268. The zero-order valence-electron chi connectivity index (χ0n) is 18.9. The first-order valence-corrected chi connectivity index (χ1v) is 13.0. The largest absolute Gasteiger partial charge is 0.493 e. The third kappa shape index (κ3) is 5.23. The van der Waals surface area contributed by atoms with E-state index in [-0.39, 0.29) is 18.6 Å². The SMILES string of the molecule is COc1cc(/C=C2/C(=O)N(C3CCCCC3)C(=S)N2C)cc(Br)c1OCc1ccc(Cl)cc1Cl. The maximum Gasteiger partial charge on any atom is 0.277 e. The Bertz CT molecular complexity index is 1150. The number of carbonyl (C=O) groups excluding carboxylic acids is 1. The molecule has 2 fully saturated rings. The van der Waals surface area contributed by atoms with Crippen molar-refractivity contribution in [2.24, 2.45) is 0 Å². The van der Waals surface area contributed by atoms with Gasteiger partial charge in [-0.25, -0.2) is 0 Å². The van der Waals surface area contributed by atoms with Gasteiger partial charge in [0.1, 0.15) is 12.3 Å². The molecule has 0 N–H and O–H groups in total. The number of methoxy groups -OCH3 is 1. The van der Waals surface area contributed by atoms with Gasteiger partial charge in [-0.15, -0.1) is 0 Å². The van der Waals surface area contributed by atoms with Crippen molar-refractivity contribution in [1.82, 2.24) is 9.80 Å². The zero-order valence-corrected chi connectivity index (χ0v) is 22.9. The summed E-state index contributed by atoms with van der Waals surface area (Å²) in [5.41, 5.74) is 2.15. The Labute approximate surface area is 223 Å². The van der Waals surface area contributed by atoms with Crippen LogP contribution in [0.2, 0.25) is 10.0 Å². The fourth-order valence-electron chi connectivity index (χ4n) is 4.35. The van der Waals surface area contributed by atoms with E-state index in [2.05, 4.69) is 15.9 Å². The predicted molar refractivity (Wildman–Crippen MR) is 144 cm³/mol. The maximum absolute atomic E-state index is 13.3. The van der Waals surface area contributed by atoms with E-state index in [0.29, 0.717) is 36.8 Å². The van der Waals surface area contributed by atoms with Gasteiger partial charge in [0.25, 0.3) is 5.91 Å². The number of rotatable bonds is 6. The lowest BCUT2D eigenvalue weighted by molar-refractivity contribution is -0.124. The third-order valence-corrected chi connectivity index (χ3v) is 7.82. The number of halogens is 3. The van der Waals surface area contributed by atoms with E-state index in [1.165, 1.54) is 6.42 Å². The van der Waals surface area contributed by atoms with Crippen molar-refractivity contribution in [3.8, 4) is 11.5 Å². The molecule has 0 aromatic heterocycles. The summed E-state index contributed by atoms with van der Waals surface area (Å²) in [6, 6.07) is 9.18. The van der Waals surface area contributed by atoms with E-state index in [4.69, 9.17) is 44.9 Å². The Balaban J connectivity index is 1.58. The number of amides is 1. The molecular weight excluding hydrogens is 559 g/mol. The molecule has 2 aromatic carbocycles. The second-order valence-electron chi connectivity index (χ2n) is 8.40. The fourth-order valence-corrected chi connectivity index (χ4v) is 5.72. The summed E-state index contributed by atoms with van der Waals surface area (Å²) in [4.78, 5) is 16.9. The summed E-state index contributed by atoms with van der Waals surface area (Å²) in [5.74, 6) is 1.03. The number of nitrogens with zero attached hydrogens (tertiary/aromatic N) is 2. The Hall–Kier alpha value is -1.80. The van der Waals surface area contributed by atoms with Crippen molar-refractivity contribution in [3.05, 3.63) is 61.7 Å². The maximum atomic E-state index is 13.3. The van der Waals surface area contributed by atoms with Crippen LogP contribution in [0.3, 0.4) is 0 Å². The van der Waals surface area contributed by atoms with Crippen LogP contribution in [-0.2, 0) is 11.4 Å². The van der Waals surface area contributed by atoms with Crippen LogP contribution in [0.15, 0.2) is 40.5 Å². The number of hydrogen-bond acceptors (Lipinski definition) is 4. The number of hydrogen-bond donors (Lipinski definition) is 0. The molecule has 2 aromatic rings. The Kier molecular flexibility index (Phi) is 8.08. The van der Waals surface area contributed by atoms with Crippen molar-refractivity contribution >= 4 is 68.4 Å². The molecule has 5 nitrogen and oxygen atoms in total. The monoisotopic (exact) mass is 582 g/mol. The third-order valence-electron chi connectivity index (χ3n) is 6.17. The van der Waals surface area contributed by atoms with Gasteiger partial charge < -0.3 is 14.4 Å². The Morgan fingerprint density at radius 2 is 1.91 bits per heavy atom. The van der Waals surface area contributed by atoms with E-state index in [1.807, 2.05) is 31.3 Å². The molecule has 34 heavy (non-hydrogen) atoms. The van der Waals surface area contributed by atoms with Gasteiger partial charge >= 0.3 is 0 Å². The van der Waals surface area contributed by atoms with Gasteiger partial charge in [0, 0.05) is 28.7 Å². The van der Waals surface area contributed by atoms with Gasteiger partial charge in [0.2, 0.25) is 0 Å². The summed E-state index contributed by atoms with van der Waals surface area (Å²) in [6.45, 7) is 0.247. The van der Waals surface area contributed by atoms with Gasteiger partial charge in [-0.05, 0) is 76.9 Å². The van der Waals surface area contributed by atoms with Crippen LogP contribution in [0.25, 0.3) is 6.08 Å². The highest BCUT2D eigenvalue weighted by molar-refractivity contribution is 9.10. The highest BCUT2D eigenvalue weighted by Crippen LogP contribution is 2.39. The van der Waals surface area contributed by atoms with Crippen LogP contribution < -0.4 is 9.47 Å². The molecule has 2 aliphatic rings. The van der Waals surface area contributed by atoms with Gasteiger partial charge in [0.15, 0.2) is 16.6 Å². The summed E-state index contributed by atoms with van der Waals surface area (Å²) >= 11 is 21.5. The average molecular weight is 584 g/mol. The lowest BCUT2D eigenvalue weighted by Gasteiger charge is -2.30. The minimum atomic E-state index is -0.0489. The molecule has 1 aliphatic carbocycles. The molecule has 0 spiro atoms. The van der Waals surface area contributed by atoms with Crippen LogP contribution in [0.5, 0.6) is 11.5 Å². The van der Waals surface area contributed by atoms with E-state index >= 15 is 0 Å². The van der Waals surface area contributed by atoms with Crippen molar-refractivity contribution in [1.29, 1.82) is 0 Å². The molecular formula is C25H25BrCl2N2O3S. The molecule has 1 saturated carbocycles. The Morgan fingerprint density at radius 1 is 1.18 bits per heavy atom. The van der Waals surface area contributed by atoms with Gasteiger partial charge in [-0.1, -0.05) is 48.5 Å². The van der Waals surface area contributed by atoms with E-state index in [1.54, 1.807) is 29.0 Å². The summed E-state index contributed by atoms with van der Waals surface area (Å²) in [7, 11) is 3.42. The second-order valence-corrected chi connectivity index (χ2v) is 10.5. The Morgan fingerprint density at radius 3 is 2.59 bits per heavy atom. The summed E-state index contributed by atoms with van der Waals surface area (Å²) in [5, 5.41) is 1.66. The first kappa shape index (κ1) is 25.3. The van der Waals surface area contributed by atoms with Crippen molar-refractivity contribution in [2.75, 3.05) is 14.2 Å². The predicted octanol–water partition coefficient (Wildman–Crippen LogP) is 7.08. The summed E-state index contributed by atoms with van der Waals surface area (Å²) in [6.07, 6.45) is 7.31. The minimum Gasteiger partial charge on any atom is -0.493 e. The minimum absolute atomic E-state index is 0.0489. The van der Waals surface area contributed by atoms with Crippen LogP contribution in [-0.4, -0.2) is 41.0 Å². The van der Waals surface area contributed by atoms with Crippen molar-refractivity contribution in [2.45, 2.75) is 44.8 Å². The normalized spacial score (nSPS) is 18.2. The van der Waals surface area contributed by atoms with Crippen LogP contribution in [0.4, 0.5) is 0 Å². The van der Waals surface area contributed by atoms with Crippen LogP contribution in [0.1, 0.15) is 43.2 Å². The smallest absolute Gasteiger partial charge is 0.277 e. The van der Waals surface area contributed by atoms with Crippen molar-refractivity contribution in [3.63, 3.8) is 0 Å². The number of benzene rings is 2. The number of thiocarbonyl (C=S) groups is 1. The molecule has 1 amide bonds. The first-order valence-electron chi connectivity index (χ1n) is 11.1. The highest BCUT2D eigenvalue weighted by Gasteiger charge is 2.40. The number of carbonyl (C=O) groups is 1. The van der Waals surface area contributed by atoms with Gasteiger partial charge in [0.05, 0.1) is 11.6 Å². The molecule has 0 radical (unpaired) electrons. The fraction of sp³-hybridized carbons (Fsp3) is 0.360. The second kappa shape index (κ2) is 10.9. The number of ether oxygens (including phenoxy) is 2. The molecule has 0 bridgehead atoms. The van der Waals surface area contributed by atoms with Crippen LogP contribution >= 0.6 is 51.3 Å². The van der Waals surface area contributed by atoms with E-state index < -0.39 is 0 Å². The molecule has 0 unspecified atom stereocenters. The molecule has 0 atom stereocenters. The molecule has 1 aliphatic heterocycles. The molecule has 180 valence electrons. The average Bonchev–Trinajstić information content (AvgIpc) is 3.02. The zero-order chi connectivity index (χ0) is 24.4.